The molecule has 0 atom stereocenters. The third-order valence-corrected chi connectivity index (χ3v) is 3.81. The quantitative estimate of drug-likeness (QED) is 0.786. The van der Waals surface area contributed by atoms with Gasteiger partial charge in [0.25, 0.3) is 0 Å². The number of ether oxygens (including phenoxy) is 1. The number of rotatable bonds is 2. The van der Waals surface area contributed by atoms with Crippen LogP contribution in [0.3, 0.4) is 0 Å². The number of anilines is 1. The van der Waals surface area contributed by atoms with Crippen LogP contribution in [0.1, 0.15) is 32.3 Å². The molecule has 0 fully saturated rings. The van der Waals surface area contributed by atoms with Crippen LogP contribution in [0.4, 0.5) is 5.69 Å². The molecule has 22 heavy (non-hydrogen) atoms. The van der Waals surface area contributed by atoms with Crippen LogP contribution in [0.25, 0.3) is 0 Å². The van der Waals surface area contributed by atoms with E-state index in [1.165, 1.54) is 0 Å². The molecular weight excluding hydrogens is 278 g/mol. The number of benzene rings is 1. The van der Waals surface area contributed by atoms with E-state index in [1.54, 1.807) is 13.2 Å². The lowest BCUT2D eigenvalue weighted by Gasteiger charge is -2.41. The summed E-state index contributed by atoms with van der Waals surface area (Å²) in [5.41, 5.74) is 3.21. The van der Waals surface area contributed by atoms with Crippen molar-refractivity contribution in [2.24, 2.45) is 5.16 Å². The van der Waals surface area contributed by atoms with E-state index in [0.29, 0.717) is 12.1 Å². The minimum Gasteiger partial charge on any atom is -0.484 e. The van der Waals surface area contributed by atoms with Crippen molar-refractivity contribution >= 4 is 11.4 Å². The van der Waals surface area contributed by atoms with E-state index in [2.05, 4.69) is 36.0 Å². The summed E-state index contributed by atoms with van der Waals surface area (Å²) in [5.74, 6) is 0.791. The first kappa shape index (κ1) is 14.5. The second kappa shape index (κ2) is 5.38. The number of allylic oxidation sites excluding steroid dienone is 2. The Kier molecular flexibility index (Phi) is 3.53. The molecule has 1 aliphatic heterocycles. The monoisotopic (exact) mass is 297 g/mol. The van der Waals surface area contributed by atoms with Crippen LogP contribution in [0.5, 0.6) is 5.75 Å². The highest BCUT2D eigenvalue weighted by Gasteiger charge is 2.35. The number of nitrogens with zero attached hydrogens (tertiary/aromatic N) is 3. The number of fused-ring (bicyclic) bond motifs is 1. The van der Waals surface area contributed by atoms with Gasteiger partial charge >= 0.3 is 0 Å². The summed E-state index contributed by atoms with van der Waals surface area (Å²) in [4.78, 5) is 7.15. The zero-order valence-electron chi connectivity index (χ0n) is 13.1. The van der Waals surface area contributed by atoms with Crippen molar-refractivity contribution < 1.29 is 9.57 Å². The van der Waals surface area contributed by atoms with Crippen LogP contribution in [0, 0.1) is 11.3 Å². The van der Waals surface area contributed by atoms with E-state index in [1.807, 2.05) is 12.1 Å². The first-order valence-electron chi connectivity index (χ1n) is 7.35. The van der Waals surface area contributed by atoms with Gasteiger partial charge in [0, 0.05) is 0 Å². The van der Waals surface area contributed by atoms with Crippen LogP contribution >= 0.6 is 0 Å². The van der Waals surface area contributed by atoms with Crippen LogP contribution in [-0.2, 0) is 4.84 Å². The number of nitriles is 1. The van der Waals surface area contributed by atoms with Gasteiger partial charge in [0.05, 0.1) is 29.6 Å². The Hall–Kier alpha value is -2.48. The Balaban J connectivity index is 2.08. The van der Waals surface area contributed by atoms with Crippen molar-refractivity contribution in [3.63, 3.8) is 0 Å². The maximum Gasteiger partial charge on any atom is 0.143 e. The van der Waals surface area contributed by atoms with Gasteiger partial charge in [0.1, 0.15) is 24.2 Å². The second-order valence-corrected chi connectivity index (χ2v) is 6.09. The van der Waals surface area contributed by atoms with E-state index in [9.17, 15) is 0 Å². The molecule has 0 amide bonds. The zero-order valence-corrected chi connectivity index (χ0v) is 13.1. The standard InChI is InChI=1S/C17H19N3O2/c1-17(2)11-20(14-6-4-5-13(14)19-21-3)15-9-12(10-18)7-8-16(15)22-17/h6-9H,4-5,11H2,1-3H3. The van der Waals surface area contributed by atoms with Crippen LogP contribution < -0.4 is 9.64 Å². The topological polar surface area (TPSA) is 57.9 Å². The Morgan fingerprint density at radius 3 is 2.95 bits per heavy atom. The summed E-state index contributed by atoms with van der Waals surface area (Å²) in [6, 6.07) is 7.71. The van der Waals surface area contributed by atoms with Gasteiger partial charge in [-0.3, -0.25) is 0 Å². The molecule has 3 rings (SSSR count). The molecule has 1 aromatic rings. The first-order valence-corrected chi connectivity index (χ1v) is 7.35. The Labute approximate surface area is 130 Å². The molecule has 1 aliphatic carbocycles. The fourth-order valence-corrected chi connectivity index (χ4v) is 2.96. The molecular formula is C17H19N3O2. The van der Waals surface area contributed by atoms with E-state index in [4.69, 9.17) is 14.8 Å². The molecule has 5 heteroatoms. The fourth-order valence-electron chi connectivity index (χ4n) is 2.96. The van der Waals surface area contributed by atoms with Crippen molar-refractivity contribution in [1.29, 1.82) is 5.26 Å². The van der Waals surface area contributed by atoms with Gasteiger partial charge in [0.2, 0.25) is 0 Å². The molecule has 1 heterocycles. The number of hydrogen-bond acceptors (Lipinski definition) is 5. The third kappa shape index (κ3) is 2.52. The largest absolute Gasteiger partial charge is 0.484 e. The van der Waals surface area contributed by atoms with Crippen molar-refractivity contribution in [2.45, 2.75) is 32.3 Å². The first-order chi connectivity index (χ1) is 10.5. The molecule has 0 N–H and O–H groups in total. The van der Waals surface area contributed by atoms with Crippen LogP contribution in [0.15, 0.2) is 35.1 Å². The summed E-state index contributed by atoms with van der Waals surface area (Å²) in [6.07, 6.45) is 3.99. The maximum atomic E-state index is 9.16. The summed E-state index contributed by atoms with van der Waals surface area (Å²) in [7, 11) is 1.56. The predicted molar refractivity (Wildman–Crippen MR) is 85.0 cm³/mol. The third-order valence-electron chi connectivity index (χ3n) is 3.81. The second-order valence-electron chi connectivity index (χ2n) is 6.09. The molecule has 0 saturated carbocycles. The molecule has 5 nitrogen and oxygen atoms in total. The lowest BCUT2D eigenvalue weighted by atomic mass is 10.0. The number of oxime groups is 1. The molecule has 0 saturated heterocycles. The van der Waals surface area contributed by atoms with Gasteiger partial charge in [-0.25, -0.2) is 0 Å². The average molecular weight is 297 g/mol. The fraction of sp³-hybridized carbons (Fsp3) is 0.412. The van der Waals surface area contributed by atoms with Gasteiger partial charge < -0.3 is 14.5 Å². The SMILES string of the molecule is CON=C1CCC=C1N1CC(C)(C)Oc2ccc(C#N)cc21. The van der Waals surface area contributed by atoms with Gasteiger partial charge in [-0.1, -0.05) is 11.2 Å². The van der Waals surface area contributed by atoms with Gasteiger partial charge in [0.15, 0.2) is 0 Å². The van der Waals surface area contributed by atoms with Gasteiger partial charge in [-0.15, -0.1) is 0 Å². The summed E-state index contributed by atoms with van der Waals surface area (Å²) >= 11 is 0. The van der Waals surface area contributed by atoms with E-state index in [0.717, 1.165) is 35.7 Å². The molecule has 0 spiro atoms. The Morgan fingerprint density at radius 2 is 2.23 bits per heavy atom. The van der Waals surface area contributed by atoms with E-state index in [-0.39, 0.29) is 5.60 Å². The molecule has 0 radical (unpaired) electrons. The molecule has 0 unspecified atom stereocenters. The Morgan fingerprint density at radius 1 is 1.41 bits per heavy atom. The van der Waals surface area contributed by atoms with Crippen LogP contribution in [-0.4, -0.2) is 25.0 Å². The van der Waals surface area contributed by atoms with Crippen molar-refractivity contribution in [3.05, 3.63) is 35.5 Å². The van der Waals surface area contributed by atoms with Crippen molar-refractivity contribution in [3.8, 4) is 11.8 Å². The van der Waals surface area contributed by atoms with Crippen molar-refractivity contribution in [1.82, 2.24) is 0 Å². The van der Waals surface area contributed by atoms with Gasteiger partial charge in [-0.2, -0.15) is 5.26 Å². The zero-order chi connectivity index (χ0) is 15.7. The summed E-state index contributed by atoms with van der Waals surface area (Å²) < 4.78 is 6.05. The number of hydrogen-bond donors (Lipinski definition) is 0. The molecule has 0 aromatic heterocycles. The van der Waals surface area contributed by atoms with E-state index >= 15 is 0 Å². The van der Waals surface area contributed by atoms with Crippen molar-refractivity contribution in [2.75, 3.05) is 18.6 Å². The molecule has 1 aromatic carbocycles. The smallest absolute Gasteiger partial charge is 0.143 e. The molecule has 2 aliphatic rings. The summed E-state index contributed by atoms with van der Waals surface area (Å²) in [5, 5.41) is 13.3. The highest BCUT2D eigenvalue weighted by atomic mass is 16.6. The van der Waals surface area contributed by atoms with Crippen LogP contribution in [0.2, 0.25) is 0 Å². The lowest BCUT2D eigenvalue weighted by Crippen LogP contribution is -2.47. The van der Waals surface area contributed by atoms with Gasteiger partial charge in [-0.05, 0) is 44.9 Å². The minimum atomic E-state index is -0.317. The maximum absolute atomic E-state index is 9.16. The average Bonchev–Trinajstić information content (AvgIpc) is 2.93. The Bertz CT molecular complexity index is 698. The van der Waals surface area contributed by atoms with E-state index < -0.39 is 0 Å². The predicted octanol–water partition coefficient (Wildman–Crippen LogP) is 3.22. The normalized spacial score (nSPS) is 20.9. The highest BCUT2D eigenvalue weighted by Crippen LogP contribution is 2.41. The molecule has 0 bridgehead atoms. The minimum absolute atomic E-state index is 0.317. The molecule has 114 valence electrons. The highest BCUT2D eigenvalue weighted by molar-refractivity contribution is 6.05. The lowest BCUT2D eigenvalue weighted by molar-refractivity contribution is 0.108. The summed E-state index contributed by atoms with van der Waals surface area (Å²) in [6.45, 7) is 4.82.